The molecule has 2 aliphatic rings. The predicted octanol–water partition coefficient (Wildman–Crippen LogP) is 14.8. The fraction of sp³-hybridized carbons (Fsp3) is 0.0847. The second-order valence-corrected chi connectivity index (χ2v) is 16.8. The van der Waals surface area contributed by atoms with Crippen molar-refractivity contribution in [1.82, 2.24) is 0 Å². The van der Waals surface area contributed by atoms with Gasteiger partial charge < -0.3 is 14.6 Å². The minimum atomic E-state index is -0.0874. The van der Waals surface area contributed by atoms with Crippen LogP contribution in [0, 0.1) is 6.92 Å². The van der Waals surface area contributed by atoms with E-state index in [0.717, 1.165) is 42.0 Å². The third-order valence-corrected chi connectivity index (χ3v) is 12.9. The van der Waals surface area contributed by atoms with Gasteiger partial charge in [0.25, 0.3) is 0 Å². The molecule has 0 saturated carbocycles. The molecule has 0 spiro atoms. The molecule has 0 amide bonds. The number of hydrogen-bond acceptors (Lipinski definition) is 3. The molecule has 3 nitrogen and oxygen atoms in total. The molecule has 9 aromatic carbocycles. The van der Waals surface area contributed by atoms with Crippen LogP contribution in [0.1, 0.15) is 30.9 Å². The summed E-state index contributed by atoms with van der Waals surface area (Å²) in [6, 6.07) is 80.5. The number of benzene rings is 9. The van der Waals surface area contributed by atoms with E-state index in [4.69, 9.17) is 0 Å². The van der Waals surface area contributed by atoms with Crippen molar-refractivity contribution in [2.45, 2.75) is 33.1 Å². The minimum Gasteiger partial charge on any atom is -0.376 e. The Morgan fingerprint density at radius 1 is 0.444 bits per heavy atom. The van der Waals surface area contributed by atoms with E-state index in [1.54, 1.807) is 0 Å². The van der Waals surface area contributed by atoms with Crippen LogP contribution in [-0.2, 0) is 6.42 Å². The largest absolute Gasteiger partial charge is 0.376 e. The standard InChI is InChI=1S/C59H48BN3/c1-3-4-20-43-38-53-52-41-51(61(48-25-13-7-14-26-48)49-27-15-8-16-28-49)35-37-56(52)63(50-33-30-46(31-34-50)44-21-9-5-10-22-44)60-54-36-32-47(45-23-11-6-12-24-45)40-57(54)62(58(39-43)59(53)60)55-29-18-17-19-42(55)2/h5-19,21-41H,3-4,20H2,1-2H3. The van der Waals surface area contributed by atoms with Crippen molar-refractivity contribution in [3.8, 4) is 33.4 Å². The van der Waals surface area contributed by atoms with Crippen molar-refractivity contribution in [2.24, 2.45) is 0 Å². The van der Waals surface area contributed by atoms with Gasteiger partial charge in [0, 0.05) is 51.1 Å². The maximum Gasteiger partial charge on any atom is 0.333 e. The van der Waals surface area contributed by atoms with Crippen molar-refractivity contribution >= 4 is 63.3 Å². The van der Waals surface area contributed by atoms with Crippen LogP contribution in [0.15, 0.2) is 218 Å². The summed E-state index contributed by atoms with van der Waals surface area (Å²) >= 11 is 0. The van der Waals surface area contributed by atoms with Gasteiger partial charge in [-0.25, -0.2) is 0 Å². The lowest BCUT2D eigenvalue weighted by Crippen LogP contribution is -2.61. The number of unbranched alkanes of at least 4 members (excludes halogenated alkanes) is 1. The number of anilines is 8. The van der Waals surface area contributed by atoms with Crippen molar-refractivity contribution in [2.75, 3.05) is 14.6 Å². The monoisotopic (exact) mass is 809 g/mol. The zero-order chi connectivity index (χ0) is 42.3. The van der Waals surface area contributed by atoms with Gasteiger partial charge in [-0.3, -0.25) is 0 Å². The molecule has 0 aliphatic carbocycles. The average Bonchev–Trinajstić information content (AvgIpc) is 3.35. The number of hydrogen-bond donors (Lipinski definition) is 0. The van der Waals surface area contributed by atoms with Gasteiger partial charge in [0.05, 0.1) is 0 Å². The number of para-hydroxylation sites is 3. The van der Waals surface area contributed by atoms with E-state index >= 15 is 0 Å². The smallest absolute Gasteiger partial charge is 0.333 e. The summed E-state index contributed by atoms with van der Waals surface area (Å²) in [7, 11) is 0. The fourth-order valence-electron chi connectivity index (χ4n) is 9.89. The normalized spacial score (nSPS) is 12.4. The highest BCUT2D eigenvalue weighted by Gasteiger charge is 2.45. The second kappa shape index (κ2) is 16.4. The Labute approximate surface area is 372 Å². The molecule has 302 valence electrons. The molecule has 2 aliphatic heterocycles. The average molecular weight is 810 g/mol. The van der Waals surface area contributed by atoms with E-state index in [1.165, 1.54) is 78.2 Å². The van der Waals surface area contributed by atoms with Gasteiger partial charge in [-0.05, 0) is 142 Å². The SMILES string of the molecule is CCCCc1cc2c3c(c1)N(c1ccccc1C)c1cc(-c4ccccc4)ccc1B3N(c1ccc(-c3ccccc3)cc1)c1ccc(N(c3ccccc3)c3ccccc3)cc1-2. The summed E-state index contributed by atoms with van der Waals surface area (Å²) < 4.78 is 0. The molecule has 63 heavy (non-hydrogen) atoms. The third-order valence-electron chi connectivity index (χ3n) is 12.9. The molecule has 0 fully saturated rings. The predicted molar refractivity (Wildman–Crippen MR) is 269 cm³/mol. The topological polar surface area (TPSA) is 9.72 Å². The van der Waals surface area contributed by atoms with Crippen LogP contribution in [0.5, 0.6) is 0 Å². The fourth-order valence-corrected chi connectivity index (χ4v) is 9.89. The zero-order valence-corrected chi connectivity index (χ0v) is 35.8. The molecule has 11 rings (SSSR count). The molecular weight excluding hydrogens is 761 g/mol. The lowest BCUT2D eigenvalue weighted by Gasteiger charge is -2.46. The first-order valence-electron chi connectivity index (χ1n) is 22.4. The van der Waals surface area contributed by atoms with Gasteiger partial charge in [-0.1, -0.05) is 159 Å². The van der Waals surface area contributed by atoms with Crippen molar-refractivity contribution in [3.63, 3.8) is 0 Å². The molecule has 0 atom stereocenters. The Kier molecular flexibility index (Phi) is 9.98. The first-order valence-corrected chi connectivity index (χ1v) is 22.4. The minimum absolute atomic E-state index is 0.0874. The summed E-state index contributed by atoms with van der Waals surface area (Å²) in [6.45, 7) is 4.46. The van der Waals surface area contributed by atoms with E-state index in [9.17, 15) is 0 Å². The Morgan fingerprint density at radius 2 is 1.03 bits per heavy atom. The van der Waals surface area contributed by atoms with Crippen molar-refractivity contribution < 1.29 is 0 Å². The number of nitrogens with zero attached hydrogens (tertiary/aromatic N) is 3. The summed E-state index contributed by atoms with van der Waals surface area (Å²) in [5.41, 5.74) is 22.0. The summed E-state index contributed by atoms with van der Waals surface area (Å²) in [5, 5.41) is 0. The Bertz CT molecular complexity index is 3020. The van der Waals surface area contributed by atoms with Gasteiger partial charge in [-0.2, -0.15) is 0 Å². The van der Waals surface area contributed by atoms with Crippen LogP contribution in [0.2, 0.25) is 0 Å². The first-order chi connectivity index (χ1) is 31.1. The van der Waals surface area contributed by atoms with Crippen LogP contribution < -0.4 is 25.5 Å². The van der Waals surface area contributed by atoms with Gasteiger partial charge in [-0.15, -0.1) is 0 Å². The Hall–Kier alpha value is -7.56. The highest BCUT2D eigenvalue weighted by atomic mass is 15.2. The summed E-state index contributed by atoms with van der Waals surface area (Å²) in [6.07, 6.45) is 3.28. The number of fused-ring (bicyclic) bond motifs is 4. The molecule has 0 radical (unpaired) electrons. The second-order valence-electron chi connectivity index (χ2n) is 16.8. The van der Waals surface area contributed by atoms with Gasteiger partial charge >= 0.3 is 6.85 Å². The lowest BCUT2D eigenvalue weighted by atomic mass is 9.43. The quantitative estimate of drug-likeness (QED) is 0.127. The van der Waals surface area contributed by atoms with Crippen LogP contribution in [-0.4, -0.2) is 6.85 Å². The van der Waals surface area contributed by atoms with Gasteiger partial charge in [0.1, 0.15) is 0 Å². The van der Waals surface area contributed by atoms with Gasteiger partial charge in [0.2, 0.25) is 0 Å². The zero-order valence-electron chi connectivity index (χ0n) is 35.8. The lowest BCUT2D eigenvalue weighted by molar-refractivity contribution is 0.795. The Morgan fingerprint density at radius 3 is 1.68 bits per heavy atom. The van der Waals surface area contributed by atoms with Crippen LogP contribution in [0.25, 0.3) is 33.4 Å². The summed E-state index contributed by atoms with van der Waals surface area (Å²) in [4.78, 5) is 7.59. The maximum atomic E-state index is 2.62. The highest BCUT2D eigenvalue weighted by Crippen LogP contribution is 2.50. The van der Waals surface area contributed by atoms with Gasteiger partial charge in [0.15, 0.2) is 0 Å². The molecular formula is C59H48BN3. The Balaban J connectivity index is 1.21. The number of aryl methyl sites for hydroxylation is 2. The molecule has 0 N–H and O–H groups in total. The van der Waals surface area contributed by atoms with Crippen molar-refractivity contribution in [1.29, 1.82) is 0 Å². The molecule has 2 heterocycles. The van der Waals surface area contributed by atoms with Crippen LogP contribution >= 0.6 is 0 Å². The van der Waals surface area contributed by atoms with Crippen molar-refractivity contribution in [3.05, 3.63) is 230 Å². The molecule has 0 saturated heterocycles. The highest BCUT2D eigenvalue weighted by molar-refractivity contribution is 6.93. The molecule has 0 bridgehead atoms. The van der Waals surface area contributed by atoms with E-state index in [2.05, 4.69) is 247 Å². The molecule has 4 heteroatoms. The van der Waals surface area contributed by atoms with E-state index in [-0.39, 0.29) is 6.85 Å². The number of rotatable bonds is 10. The molecule has 0 unspecified atom stereocenters. The van der Waals surface area contributed by atoms with Crippen LogP contribution in [0.3, 0.4) is 0 Å². The van der Waals surface area contributed by atoms with E-state index < -0.39 is 0 Å². The molecule has 9 aromatic rings. The van der Waals surface area contributed by atoms with Crippen LogP contribution in [0.4, 0.5) is 45.5 Å². The van der Waals surface area contributed by atoms with E-state index in [1.807, 2.05) is 0 Å². The third kappa shape index (κ3) is 6.89. The van der Waals surface area contributed by atoms with E-state index in [0.29, 0.717) is 0 Å². The maximum absolute atomic E-state index is 2.62. The summed E-state index contributed by atoms with van der Waals surface area (Å²) in [5.74, 6) is 0. The molecule has 0 aromatic heterocycles. The first kappa shape index (κ1) is 38.4.